The number of urea groups is 1. The van der Waals surface area contributed by atoms with Gasteiger partial charge in [0.05, 0.1) is 11.1 Å². The summed E-state index contributed by atoms with van der Waals surface area (Å²) in [7, 11) is 0. The lowest BCUT2D eigenvalue weighted by molar-refractivity contribution is -0.139. The standard InChI is InChI=1S/C23H29N7O4/c1-2-3-10-29-18(31)14(16(24)25)19(32)30(21(29)34)13-4-6-22(7-5-13)11-23(12-22)15-17(28-20(23)33)27-9-8-26-15/h8-9,13H,2-7,10-12,24-25H2,1H3,(H,27,28,33). The van der Waals surface area contributed by atoms with Gasteiger partial charge in [0, 0.05) is 25.0 Å². The predicted molar refractivity (Wildman–Crippen MR) is 121 cm³/mol. The Morgan fingerprint density at radius 1 is 1.09 bits per heavy atom. The maximum absolute atomic E-state index is 13.2. The molecule has 5 amide bonds. The van der Waals surface area contributed by atoms with E-state index in [1.54, 1.807) is 12.4 Å². The zero-order valence-electron chi connectivity index (χ0n) is 19.2. The molecule has 11 heteroatoms. The van der Waals surface area contributed by atoms with E-state index in [2.05, 4.69) is 15.3 Å². The quantitative estimate of drug-likeness (QED) is 0.438. The summed E-state index contributed by atoms with van der Waals surface area (Å²) in [6.07, 6.45) is 8.65. The van der Waals surface area contributed by atoms with Gasteiger partial charge >= 0.3 is 6.03 Å². The summed E-state index contributed by atoms with van der Waals surface area (Å²) in [4.78, 5) is 62.7. The molecule has 4 aliphatic rings. The van der Waals surface area contributed by atoms with Crippen LogP contribution in [0.15, 0.2) is 23.8 Å². The number of hydrogen-bond donors (Lipinski definition) is 3. The number of carbonyl (C=O) groups is 4. The molecule has 0 atom stereocenters. The first-order valence-corrected chi connectivity index (χ1v) is 11.8. The Kier molecular flexibility index (Phi) is 5.10. The maximum Gasteiger partial charge on any atom is 0.334 e. The lowest BCUT2D eigenvalue weighted by Crippen LogP contribution is -2.62. The van der Waals surface area contributed by atoms with Crippen LogP contribution in [0.2, 0.25) is 0 Å². The van der Waals surface area contributed by atoms with Crippen LogP contribution in [0, 0.1) is 5.41 Å². The maximum atomic E-state index is 13.2. The van der Waals surface area contributed by atoms with Gasteiger partial charge in [0.1, 0.15) is 11.4 Å². The topological polar surface area (TPSA) is 165 Å². The van der Waals surface area contributed by atoms with Crippen molar-refractivity contribution in [1.29, 1.82) is 0 Å². The number of barbiturate groups is 1. The summed E-state index contributed by atoms with van der Waals surface area (Å²) in [6.45, 7) is 2.17. The molecule has 5 N–H and O–H groups in total. The SMILES string of the molecule is CCCCN1C(=O)C(=C(N)N)C(=O)N(C2CCC3(CC2)CC2(C3)C(=O)Nc3nccnc32)C1=O. The Bertz CT molecular complexity index is 1110. The van der Waals surface area contributed by atoms with Gasteiger partial charge in [0.2, 0.25) is 5.91 Å². The van der Waals surface area contributed by atoms with Crippen molar-refractivity contribution in [2.75, 3.05) is 11.9 Å². The van der Waals surface area contributed by atoms with E-state index in [-0.39, 0.29) is 35.3 Å². The Balaban J connectivity index is 1.32. The van der Waals surface area contributed by atoms with Crippen LogP contribution in [-0.2, 0) is 19.8 Å². The summed E-state index contributed by atoms with van der Waals surface area (Å²) >= 11 is 0. The number of nitrogens with two attached hydrogens (primary N) is 2. The van der Waals surface area contributed by atoms with E-state index in [1.807, 2.05) is 6.92 Å². The molecule has 5 rings (SSSR count). The Hall–Kier alpha value is -3.50. The first-order valence-electron chi connectivity index (χ1n) is 11.8. The van der Waals surface area contributed by atoms with Crippen molar-refractivity contribution >= 4 is 29.6 Å². The zero-order valence-corrected chi connectivity index (χ0v) is 19.2. The van der Waals surface area contributed by atoms with Crippen molar-refractivity contribution in [2.24, 2.45) is 16.9 Å². The molecule has 2 spiro atoms. The number of fused-ring (bicyclic) bond motifs is 2. The van der Waals surface area contributed by atoms with E-state index in [0.29, 0.717) is 43.6 Å². The molecule has 0 bridgehead atoms. The number of aromatic nitrogens is 2. The number of carbonyl (C=O) groups excluding carboxylic acids is 4. The van der Waals surface area contributed by atoms with Crippen LogP contribution >= 0.6 is 0 Å². The first kappa shape index (κ1) is 22.3. The van der Waals surface area contributed by atoms with Gasteiger partial charge in [-0.15, -0.1) is 0 Å². The lowest BCUT2D eigenvalue weighted by atomic mass is 9.47. The summed E-state index contributed by atoms with van der Waals surface area (Å²) in [5, 5.41) is 2.85. The number of imide groups is 2. The lowest BCUT2D eigenvalue weighted by Gasteiger charge is -2.56. The van der Waals surface area contributed by atoms with E-state index in [0.717, 1.165) is 24.2 Å². The van der Waals surface area contributed by atoms with Gasteiger partial charge in [-0.2, -0.15) is 0 Å². The number of amides is 5. The largest absolute Gasteiger partial charge is 0.385 e. The van der Waals surface area contributed by atoms with Gasteiger partial charge in [0.25, 0.3) is 11.8 Å². The minimum absolute atomic E-state index is 0.0435. The normalized spacial score (nSPS) is 30.6. The molecule has 3 fully saturated rings. The van der Waals surface area contributed by atoms with Crippen molar-refractivity contribution in [2.45, 2.75) is 69.7 Å². The number of unbranched alkanes of at least 4 members (excludes halogenated alkanes) is 1. The third kappa shape index (κ3) is 3.09. The van der Waals surface area contributed by atoms with Gasteiger partial charge < -0.3 is 16.8 Å². The first-order chi connectivity index (χ1) is 16.2. The second kappa shape index (κ2) is 7.78. The smallest absolute Gasteiger partial charge is 0.334 e. The van der Waals surface area contributed by atoms with E-state index in [9.17, 15) is 19.2 Å². The molecule has 180 valence electrons. The van der Waals surface area contributed by atoms with Crippen LogP contribution in [0.1, 0.15) is 64.0 Å². The Morgan fingerprint density at radius 3 is 2.41 bits per heavy atom. The highest BCUT2D eigenvalue weighted by Gasteiger charge is 2.64. The molecule has 2 aliphatic carbocycles. The van der Waals surface area contributed by atoms with Crippen LogP contribution in [-0.4, -0.2) is 56.1 Å². The van der Waals surface area contributed by atoms with E-state index in [1.165, 1.54) is 4.90 Å². The molecule has 3 heterocycles. The second-order valence-electron chi connectivity index (χ2n) is 9.97. The number of anilines is 1. The molecular weight excluding hydrogens is 438 g/mol. The highest BCUT2D eigenvalue weighted by atomic mass is 16.2. The summed E-state index contributed by atoms with van der Waals surface area (Å²) in [6, 6.07) is -0.947. The third-order valence-corrected chi connectivity index (χ3v) is 7.91. The molecule has 1 saturated heterocycles. The van der Waals surface area contributed by atoms with E-state index in [4.69, 9.17) is 11.5 Å². The van der Waals surface area contributed by atoms with Gasteiger partial charge in [0.15, 0.2) is 5.82 Å². The van der Waals surface area contributed by atoms with Crippen molar-refractivity contribution in [3.63, 3.8) is 0 Å². The Labute approximate surface area is 196 Å². The minimum Gasteiger partial charge on any atom is -0.385 e. The van der Waals surface area contributed by atoms with E-state index >= 15 is 0 Å². The summed E-state index contributed by atoms with van der Waals surface area (Å²) in [5.41, 5.74) is 11.1. The average molecular weight is 468 g/mol. The molecule has 11 nitrogen and oxygen atoms in total. The molecule has 2 aliphatic heterocycles. The van der Waals surface area contributed by atoms with Crippen molar-refractivity contribution in [3.05, 3.63) is 29.5 Å². The molecule has 0 unspecified atom stereocenters. The van der Waals surface area contributed by atoms with Crippen LogP contribution in [0.25, 0.3) is 0 Å². The molecular formula is C23H29N7O4. The zero-order chi connectivity index (χ0) is 24.3. The van der Waals surface area contributed by atoms with Crippen molar-refractivity contribution < 1.29 is 19.2 Å². The van der Waals surface area contributed by atoms with Crippen LogP contribution < -0.4 is 16.8 Å². The van der Waals surface area contributed by atoms with Crippen molar-refractivity contribution in [1.82, 2.24) is 19.8 Å². The van der Waals surface area contributed by atoms with Crippen LogP contribution in [0.4, 0.5) is 10.6 Å². The minimum atomic E-state index is -0.722. The summed E-state index contributed by atoms with van der Waals surface area (Å²) < 4.78 is 0. The fraction of sp³-hybridized carbons (Fsp3) is 0.565. The van der Waals surface area contributed by atoms with Gasteiger partial charge in [-0.3, -0.25) is 29.2 Å². The van der Waals surface area contributed by atoms with Gasteiger partial charge in [-0.1, -0.05) is 13.3 Å². The van der Waals surface area contributed by atoms with Crippen LogP contribution in [0.3, 0.4) is 0 Å². The monoisotopic (exact) mass is 467 g/mol. The highest BCUT2D eigenvalue weighted by Crippen LogP contribution is 2.64. The fourth-order valence-electron chi connectivity index (χ4n) is 6.23. The molecule has 34 heavy (non-hydrogen) atoms. The third-order valence-electron chi connectivity index (χ3n) is 7.91. The molecule has 0 aromatic carbocycles. The number of nitrogens with zero attached hydrogens (tertiary/aromatic N) is 4. The van der Waals surface area contributed by atoms with E-state index < -0.39 is 23.3 Å². The summed E-state index contributed by atoms with van der Waals surface area (Å²) in [5.74, 6) is -1.32. The van der Waals surface area contributed by atoms with Crippen molar-refractivity contribution in [3.8, 4) is 0 Å². The average Bonchev–Trinajstić information content (AvgIpc) is 3.06. The fourth-order valence-corrected chi connectivity index (χ4v) is 6.23. The van der Waals surface area contributed by atoms with Crippen LogP contribution in [0.5, 0.6) is 0 Å². The van der Waals surface area contributed by atoms with Gasteiger partial charge in [-0.05, 0) is 50.4 Å². The number of hydrogen-bond acceptors (Lipinski definition) is 8. The number of nitrogens with one attached hydrogen (secondary N) is 1. The highest BCUT2D eigenvalue weighted by molar-refractivity contribution is 6.29. The molecule has 0 radical (unpaired) electrons. The second-order valence-corrected chi connectivity index (χ2v) is 9.97. The Morgan fingerprint density at radius 2 is 1.76 bits per heavy atom. The molecule has 1 aromatic rings. The van der Waals surface area contributed by atoms with Gasteiger partial charge in [-0.25, -0.2) is 9.78 Å². The molecule has 1 aromatic heterocycles. The predicted octanol–water partition coefficient (Wildman–Crippen LogP) is 1.11. The number of rotatable bonds is 4. The molecule has 2 saturated carbocycles.